The first-order valence-electron chi connectivity index (χ1n) is 4.50. The molecule has 0 bridgehead atoms. The Morgan fingerprint density at radius 2 is 2.12 bits per heavy atom. The van der Waals surface area contributed by atoms with Gasteiger partial charge in [0.05, 0.1) is 4.88 Å². The monoisotopic (exact) mass is 239 g/mol. The summed E-state index contributed by atoms with van der Waals surface area (Å²) in [5.41, 5.74) is 0.0810. The average molecular weight is 239 g/mol. The molecule has 1 aromatic carbocycles. The van der Waals surface area contributed by atoms with E-state index in [1.54, 1.807) is 0 Å². The molecule has 0 amide bonds. The molecule has 0 aliphatic rings. The van der Waals surface area contributed by atoms with E-state index in [-0.39, 0.29) is 11.3 Å². The smallest absolute Gasteiger partial charge is 0.171 e. The van der Waals surface area contributed by atoms with Crippen LogP contribution in [-0.2, 0) is 0 Å². The topological polar surface area (TPSA) is 30.0 Å². The Morgan fingerprint density at radius 1 is 1.38 bits per heavy atom. The lowest BCUT2D eigenvalue weighted by Gasteiger charge is -1.98. The largest absolute Gasteiger partial charge is 0.294 e. The first-order chi connectivity index (χ1) is 7.58. The van der Waals surface area contributed by atoms with Crippen LogP contribution in [0.5, 0.6) is 0 Å². The minimum atomic E-state index is -0.550. The number of thiazole rings is 1. The molecule has 0 atom stereocenters. The number of rotatable bonds is 2. The molecule has 0 fully saturated rings. The van der Waals surface area contributed by atoms with E-state index in [1.807, 2.05) is 0 Å². The quantitative estimate of drug-likeness (QED) is 0.753. The number of aromatic nitrogens is 1. The standard InChI is InChI=1S/C11H7F2NOS/c1-6(15)10-5-14-11(16-10)8-4-7(12)2-3-9(8)13/h2-5H,1H3. The predicted octanol–water partition coefficient (Wildman–Crippen LogP) is 3.29. The Labute approximate surface area is 94.6 Å². The Kier molecular flexibility index (Phi) is 2.78. The van der Waals surface area contributed by atoms with Crippen molar-refractivity contribution < 1.29 is 13.6 Å². The highest BCUT2D eigenvalue weighted by atomic mass is 32.1. The third-order valence-electron chi connectivity index (χ3n) is 2.01. The van der Waals surface area contributed by atoms with Crippen molar-refractivity contribution in [2.75, 3.05) is 0 Å². The van der Waals surface area contributed by atoms with Crippen molar-refractivity contribution in [1.29, 1.82) is 0 Å². The summed E-state index contributed by atoms with van der Waals surface area (Å²) in [5.74, 6) is -1.22. The maximum Gasteiger partial charge on any atom is 0.171 e. The third-order valence-corrected chi connectivity index (χ3v) is 3.14. The van der Waals surface area contributed by atoms with E-state index in [0.29, 0.717) is 9.88 Å². The fourth-order valence-corrected chi connectivity index (χ4v) is 2.05. The number of nitrogens with zero attached hydrogens (tertiary/aromatic N) is 1. The van der Waals surface area contributed by atoms with Crippen LogP contribution < -0.4 is 0 Å². The molecule has 82 valence electrons. The number of benzene rings is 1. The second-order valence-corrected chi connectivity index (χ2v) is 4.24. The lowest BCUT2D eigenvalue weighted by molar-refractivity contribution is 0.102. The van der Waals surface area contributed by atoms with Crippen LogP contribution in [0.25, 0.3) is 10.6 Å². The normalized spacial score (nSPS) is 10.4. The molecule has 2 aromatic rings. The van der Waals surface area contributed by atoms with Crippen molar-refractivity contribution in [3.8, 4) is 10.6 Å². The molecule has 0 saturated heterocycles. The van der Waals surface area contributed by atoms with Crippen LogP contribution in [-0.4, -0.2) is 10.8 Å². The van der Waals surface area contributed by atoms with Gasteiger partial charge >= 0.3 is 0 Å². The zero-order chi connectivity index (χ0) is 11.7. The summed E-state index contributed by atoms with van der Waals surface area (Å²) in [5, 5.41) is 0.308. The Morgan fingerprint density at radius 3 is 2.75 bits per heavy atom. The second kappa shape index (κ2) is 4.09. The van der Waals surface area contributed by atoms with Crippen LogP contribution in [0.15, 0.2) is 24.4 Å². The molecule has 1 heterocycles. The van der Waals surface area contributed by atoms with E-state index in [9.17, 15) is 13.6 Å². The van der Waals surface area contributed by atoms with Gasteiger partial charge in [-0.05, 0) is 18.2 Å². The maximum absolute atomic E-state index is 13.4. The summed E-state index contributed by atoms with van der Waals surface area (Å²) in [6.07, 6.45) is 1.37. The van der Waals surface area contributed by atoms with Crippen LogP contribution in [0.4, 0.5) is 8.78 Å². The van der Waals surface area contributed by atoms with Crippen LogP contribution in [0, 0.1) is 11.6 Å². The van der Waals surface area contributed by atoms with Gasteiger partial charge in [-0.15, -0.1) is 11.3 Å². The van der Waals surface area contributed by atoms with Gasteiger partial charge in [0.2, 0.25) is 0 Å². The first-order valence-corrected chi connectivity index (χ1v) is 5.32. The molecule has 0 spiro atoms. The number of hydrogen-bond donors (Lipinski definition) is 0. The fourth-order valence-electron chi connectivity index (χ4n) is 1.22. The van der Waals surface area contributed by atoms with Crippen LogP contribution >= 0.6 is 11.3 Å². The Balaban J connectivity index is 2.50. The molecule has 2 rings (SSSR count). The van der Waals surface area contributed by atoms with Gasteiger partial charge in [0.1, 0.15) is 16.6 Å². The number of Topliss-reactive ketones (excluding diaryl/α,β-unsaturated/α-hetero) is 1. The van der Waals surface area contributed by atoms with Gasteiger partial charge in [-0.3, -0.25) is 4.79 Å². The number of carbonyl (C=O) groups is 1. The van der Waals surface area contributed by atoms with E-state index in [4.69, 9.17) is 0 Å². The number of carbonyl (C=O) groups excluding carboxylic acids is 1. The molecule has 0 N–H and O–H groups in total. The lowest BCUT2D eigenvalue weighted by Crippen LogP contribution is -1.85. The average Bonchev–Trinajstić information content (AvgIpc) is 2.70. The van der Waals surface area contributed by atoms with Crippen molar-refractivity contribution >= 4 is 17.1 Å². The minimum absolute atomic E-state index is 0.0810. The van der Waals surface area contributed by atoms with Gasteiger partial charge < -0.3 is 0 Å². The Hall–Kier alpha value is -1.62. The van der Waals surface area contributed by atoms with Crippen molar-refractivity contribution in [3.63, 3.8) is 0 Å². The predicted molar refractivity (Wildman–Crippen MR) is 57.5 cm³/mol. The zero-order valence-corrected chi connectivity index (χ0v) is 9.15. The number of halogens is 2. The summed E-state index contributed by atoms with van der Waals surface area (Å²) >= 11 is 1.05. The van der Waals surface area contributed by atoms with E-state index in [2.05, 4.69) is 4.98 Å². The van der Waals surface area contributed by atoms with E-state index < -0.39 is 11.6 Å². The first kappa shape index (κ1) is 10.9. The highest BCUT2D eigenvalue weighted by Gasteiger charge is 2.12. The SMILES string of the molecule is CC(=O)c1cnc(-c2cc(F)ccc2F)s1. The highest BCUT2D eigenvalue weighted by Crippen LogP contribution is 2.28. The summed E-state index contributed by atoms with van der Waals surface area (Å²) in [6.45, 7) is 1.40. The van der Waals surface area contributed by atoms with E-state index >= 15 is 0 Å². The van der Waals surface area contributed by atoms with Crippen molar-refractivity contribution in [3.05, 3.63) is 40.9 Å². The van der Waals surface area contributed by atoms with Crippen molar-refractivity contribution in [2.24, 2.45) is 0 Å². The minimum Gasteiger partial charge on any atom is -0.294 e. The van der Waals surface area contributed by atoms with Gasteiger partial charge in [0.15, 0.2) is 5.78 Å². The third kappa shape index (κ3) is 1.99. The second-order valence-electron chi connectivity index (χ2n) is 3.21. The molecule has 0 aliphatic carbocycles. The van der Waals surface area contributed by atoms with Crippen LogP contribution in [0.2, 0.25) is 0 Å². The molecule has 2 nitrogen and oxygen atoms in total. The van der Waals surface area contributed by atoms with Gasteiger partial charge in [-0.25, -0.2) is 13.8 Å². The summed E-state index contributed by atoms with van der Waals surface area (Å²) in [7, 11) is 0. The van der Waals surface area contributed by atoms with Gasteiger partial charge in [0.25, 0.3) is 0 Å². The summed E-state index contributed by atoms with van der Waals surface area (Å²) in [4.78, 5) is 15.4. The van der Waals surface area contributed by atoms with E-state index in [1.165, 1.54) is 13.1 Å². The number of ketones is 1. The molecular weight excluding hydrogens is 232 g/mol. The van der Waals surface area contributed by atoms with E-state index in [0.717, 1.165) is 29.5 Å². The van der Waals surface area contributed by atoms with Gasteiger partial charge in [0, 0.05) is 18.7 Å². The van der Waals surface area contributed by atoms with Gasteiger partial charge in [-0.2, -0.15) is 0 Å². The summed E-state index contributed by atoms with van der Waals surface area (Å²) in [6, 6.07) is 3.15. The molecular formula is C11H7F2NOS. The molecule has 0 saturated carbocycles. The fraction of sp³-hybridized carbons (Fsp3) is 0.0909. The Bertz CT molecular complexity index is 551. The van der Waals surface area contributed by atoms with Crippen molar-refractivity contribution in [2.45, 2.75) is 6.92 Å². The lowest BCUT2D eigenvalue weighted by atomic mass is 10.2. The molecule has 1 aromatic heterocycles. The highest BCUT2D eigenvalue weighted by molar-refractivity contribution is 7.16. The molecule has 0 aliphatic heterocycles. The van der Waals surface area contributed by atoms with Crippen molar-refractivity contribution in [1.82, 2.24) is 4.98 Å². The molecule has 0 unspecified atom stereocenters. The van der Waals surface area contributed by atoms with Gasteiger partial charge in [-0.1, -0.05) is 0 Å². The van der Waals surface area contributed by atoms with Crippen LogP contribution in [0.1, 0.15) is 16.6 Å². The molecule has 16 heavy (non-hydrogen) atoms. The zero-order valence-electron chi connectivity index (χ0n) is 8.33. The molecule has 0 radical (unpaired) electrons. The molecule has 5 heteroatoms. The number of hydrogen-bond acceptors (Lipinski definition) is 3. The van der Waals surface area contributed by atoms with Crippen LogP contribution in [0.3, 0.4) is 0 Å². The maximum atomic E-state index is 13.4. The summed E-state index contributed by atoms with van der Waals surface area (Å²) < 4.78 is 26.3.